The largest absolute Gasteiger partial charge is 0.494 e. The maximum Gasteiger partial charge on any atom is 0.343 e. The summed E-state index contributed by atoms with van der Waals surface area (Å²) in [6, 6.07) is 46.8. The zero-order valence-electron chi connectivity index (χ0n) is 56.8. The highest BCUT2D eigenvalue weighted by Crippen LogP contribution is 2.27. The van der Waals surface area contributed by atoms with Crippen molar-refractivity contribution in [3.63, 3.8) is 0 Å². The van der Waals surface area contributed by atoms with Crippen LogP contribution in [0, 0.1) is 24.2 Å². The van der Waals surface area contributed by atoms with Crippen LogP contribution in [-0.4, -0.2) is 106 Å². The van der Waals surface area contributed by atoms with Crippen LogP contribution in [0.1, 0.15) is 142 Å². The molecular weight excluding hydrogens is 1240 g/mol. The summed E-state index contributed by atoms with van der Waals surface area (Å²) >= 11 is 0. The molecule has 0 aliphatic heterocycles. The second kappa shape index (κ2) is 38.4. The first-order valence-electron chi connectivity index (χ1n) is 32.2. The Morgan fingerprint density at radius 3 is 1.31 bits per heavy atom. The van der Waals surface area contributed by atoms with Gasteiger partial charge in [0.2, 0.25) is 0 Å². The van der Waals surface area contributed by atoms with Crippen LogP contribution in [0.4, 0.5) is 0 Å². The van der Waals surface area contributed by atoms with E-state index in [-0.39, 0.29) is 103 Å². The van der Waals surface area contributed by atoms with E-state index in [4.69, 9.17) is 56.8 Å². The van der Waals surface area contributed by atoms with E-state index in [2.05, 4.69) is 0 Å². The zero-order chi connectivity index (χ0) is 70.4. The normalized spacial score (nSPS) is 12.5. The molecule has 514 valence electrons. The molecule has 0 aliphatic rings. The highest BCUT2D eigenvalue weighted by atomic mass is 16.6. The van der Waals surface area contributed by atoms with Crippen LogP contribution < -0.4 is 33.2 Å². The lowest BCUT2D eigenvalue weighted by Gasteiger charge is -2.24. The summed E-state index contributed by atoms with van der Waals surface area (Å²) < 4.78 is 65.9. The molecule has 0 heterocycles. The van der Waals surface area contributed by atoms with Gasteiger partial charge in [-0.25, -0.2) is 19.2 Å². The fraction of sp³-hybridized carbons (Fsp3) is 0.351. The molecule has 0 aliphatic carbocycles. The molecule has 0 aromatic heterocycles. The Morgan fingerprint density at radius 2 is 0.794 bits per heavy atom. The smallest absolute Gasteiger partial charge is 0.343 e. The third kappa shape index (κ3) is 26.2. The molecule has 97 heavy (non-hydrogen) atoms. The summed E-state index contributed by atoms with van der Waals surface area (Å²) in [6.45, 7) is 22.0. The van der Waals surface area contributed by atoms with E-state index in [9.17, 15) is 38.4 Å². The van der Waals surface area contributed by atoms with Crippen LogP contribution >= 0.6 is 0 Å². The number of hydrogen-bond acceptors (Lipinski definition) is 20. The maximum atomic E-state index is 12.8. The number of ether oxygens (including phenoxy) is 12. The van der Waals surface area contributed by atoms with Crippen molar-refractivity contribution in [1.29, 1.82) is 0 Å². The molecule has 7 rings (SSSR count). The Labute approximate surface area is 566 Å². The second-order valence-electron chi connectivity index (χ2n) is 23.8. The first-order chi connectivity index (χ1) is 46.4. The van der Waals surface area contributed by atoms with Crippen molar-refractivity contribution in [1.82, 2.24) is 0 Å². The highest BCUT2D eigenvalue weighted by molar-refractivity contribution is 5.96. The van der Waals surface area contributed by atoms with Gasteiger partial charge in [-0.1, -0.05) is 84.0 Å². The number of aryl methyl sites for hydroxylation is 1. The number of esters is 8. The van der Waals surface area contributed by atoms with Crippen LogP contribution in [-0.2, 0) is 42.9 Å². The van der Waals surface area contributed by atoms with Crippen LogP contribution in [0.15, 0.2) is 170 Å². The van der Waals surface area contributed by atoms with Gasteiger partial charge in [0.15, 0.2) is 0 Å². The molecule has 0 spiro atoms. The molecular formula is C77H86O20. The fourth-order valence-corrected chi connectivity index (χ4v) is 8.52. The third-order valence-electron chi connectivity index (χ3n) is 14.7. The quantitative estimate of drug-likeness (QED) is 0.0211. The van der Waals surface area contributed by atoms with Gasteiger partial charge in [-0.3, -0.25) is 19.2 Å². The first kappa shape index (κ1) is 75.8. The van der Waals surface area contributed by atoms with Crippen molar-refractivity contribution >= 4 is 47.8 Å². The van der Waals surface area contributed by atoms with Crippen LogP contribution in [0.25, 0.3) is 11.1 Å². The minimum absolute atomic E-state index is 0.0271. The van der Waals surface area contributed by atoms with Gasteiger partial charge in [0.25, 0.3) is 0 Å². The molecule has 0 amide bonds. The van der Waals surface area contributed by atoms with Crippen molar-refractivity contribution < 1.29 is 95.2 Å². The van der Waals surface area contributed by atoms with Gasteiger partial charge in [0.05, 0.1) is 92.2 Å². The van der Waals surface area contributed by atoms with Gasteiger partial charge in [-0.15, -0.1) is 0 Å². The SMILES string of the molecule is CCC(C)C(=O)OCC(C)(C)COC(=O)CCC(=O)Oc1ccc(OC(=O)c2ccc(C(=O)Oc3ccccc3)cc2C)cc1.CCOc1ccc(-c2ccc(OC(=O)c3ccc(OC(=O)c4ccc(OC(C)COC(C)COC(C)COC(=O)C(C)CC)cc4)cc3)cc2)cc1. The lowest BCUT2D eigenvalue weighted by molar-refractivity contribution is -0.156. The van der Waals surface area contributed by atoms with Crippen LogP contribution in [0.3, 0.4) is 0 Å². The van der Waals surface area contributed by atoms with Gasteiger partial charge < -0.3 is 56.8 Å². The Balaban J connectivity index is 0.000000310. The minimum atomic E-state index is -0.639. The molecule has 7 aromatic carbocycles. The molecule has 7 aromatic rings. The molecule has 0 saturated heterocycles. The Bertz CT molecular complexity index is 3680. The van der Waals surface area contributed by atoms with E-state index >= 15 is 0 Å². The summed E-state index contributed by atoms with van der Waals surface area (Å²) in [7, 11) is 0. The van der Waals surface area contributed by atoms with Gasteiger partial charge >= 0.3 is 47.8 Å². The van der Waals surface area contributed by atoms with E-state index in [0.29, 0.717) is 60.2 Å². The van der Waals surface area contributed by atoms with Crippen molar-refractivity contribution in [3.05, 3.63) is 198 Å². The Morgan fingerprint density at radius 1 is 0.392 bits per heavy atom. The average Bonchev–Trinajstić information content (AvgIpc) is 1.06. The minimum Gasteiger partial charge on any atom is -0.494 e. The van der Waals surface area contributed by atoms with Gasteiger partial charge in [-0.05, 0) is 192 Å². The zero-order valence-corrected chi connectivity index (χ0v) is 56.8. The van der Waals surface area contributed by atoms with Crippen LogP contribution in [0.5, 0.6) is 40.2 Å². The molecule has 5 atom stereocenters. The first-order valence-corrected chi connectivity index (χ1v) is 32.2. The monoisotopic (exact) mass is 1330 g/mol. The summed E-state index contributed by atoms with van der Waals surface area (Å²) in [6.07, 6.45) is 0.333. The summed E-state index contributed by atoms with van der Waals surface area (Å²) in [5.41, 5.74) is 3.15. The lowest BCUT2D eigenvalue weighted by Crippen LogP contribution is -2.30. The summed E-state index contributed by atoms with van der Waals surface area (Å²) in [5, 5.41) is 0. The summed E-state index contributed by atoms with van der Waals surface area (Å²) in [5.74, 6) is -1.41. The third-order valence-corrected chi connectivity index (χ3v) is 14.7. The second-order valence-corrected chi connectivity index (χ2v) is 23.8. The van der Waals surface area contributed by atoms with E-state index in [0.717, 1.165) is 23.3 Å². The number of rotatable bonds is 33. The molecule has 0 N–H and O–H groups in total. The van der Waals surface area contributed by atoms with Crippen LogP contribution in [0.2, 0.25) is 0 Å². The predicted molar refractivity (Wildman–Crippen MR) is 361 cm³/mol. The Kier molecular flexibility index (Phi) is 30.0. The number of carbonyl (C=O) groups is 8. The average molecular weight is 1330 g/mol. The van der Waals surface area contributed by atoms with Crippen molar-refractivity contribution in [3.8, 4) is 51.4 Å². The van der Waals surface area contributed by atoms with E-state index in [1.54, 1.807) is 92.7 Å². The van der Waals surface area contributed by atoms with Crippen molar-refractivity contribution in [2.45, 2.75) is 120 Å². The molecule has 5 unspecified atom stereocenters. The maximum absolute atomic E-state index is 12.8. The molecule has 0 saturated carbocycles. The van der Waals surface area contributed by atoms with E-state index < -0.39 is 41.2 Å². The predicted octanol–water partition coefficient (Wildman–Crippen LogP) is 14.6. The summed E-state index contributed by atoms with van der Waals surface area (Å²) in [4.78, 5) is 98.8. The standard InChI is InChI=1S/C42H48O10.C35H38O10/c1-7-28(3)40(43)49-26-30(5)47-25-29(4)48-27-31(6)50-37-21-13-34(14-22-37)41(44)52-39-23-15-35(16-24-39)42(45)51-38-19-11-33(12-20-38)32-9-17-36(18-10-32)46-8-2;1-6-23(2)32(38)42-22-35(4,5)21-41-30(36)18-19-31(37)43-27-13-15-28(16-14-27)45-34(40)29-17-12-25(20-24(29)3)33(39)44-26-10-8-7-9-11-26/h9-24,28-31H,7-8,25-27H2,1-6H3;7-17,20,23H,6,18-19,21-22H2,1-5H3. The molecule has 0 fully saturated rings. The number of carbonyl (C=O) groups excluding carboxylic acids is 8. The highest BCUT2D eigenvalue weighted by Gasteiger charge is 2.25. The number of benzene rings is 7. The van der Waals surface area contributed by atoms with E-state index in [1.165, 1.54) is 48.5 Å². The van der Waals surface area contributed by atoms with E-state index in [1.807, 2.05) is 105 Å². The Hall–Kier alpha value is -10.2. The van der Waals surface area contributed by atoms with Gasteiger partial charge in [0, 0.05) is 5.41 Å². The van der Waals surface area contributed by atoms with Crippen molar-refractivity contribution in [2.75, 3.05) is 39.6 Å². The fourth-order valence-electron chi connectivity index (χ4n) is 8.52. The van der Waals surface area contributed by atoms with Gasteiger partial charge in [-0.2, -0.15) is 0 Å². The van der Waals surface area contributed by atoms with Gasteiger partial charge in [0.1, 0.15) is 53.0 Å². The molecule has 20 heteroatoms. The molecule has 0 bridgehead atoms. The van der Waals surface area contributed by atoms with Crippen molar-refractivity contribution in [2.24, 2.45) is 17.3 Å². The number of para-hydroxylation sites is 1. The molecule has 0 radical (unpaired) electrons. The topological polar surface area (TPSA) is 247 Å². The molecule has 20 nitrogen and oxygen atoms in total. The lowest BCUT2D eigenvalue weighted by atomic mass is 9.96. The number of hydrogen-bond donors (Lipinski definition) is 0.